The highest BCUT2D eigenvalue weighted by Gasteiger charge is 2.19. The molecule has 1 aromatic rings. The molecule has 0 saturated carbocycles. The van der Waals surface area contributed by atoms with Gasteiger partial charge >= 0.3 is 12.1 Å². The quantitative estimate of drug-likeness (QED) is 0.871. The molecule has 0 atom stereocenters. The van der Waals surface area contributed by atoms with Crippen LogP contribution in [0.4, 0.5) is 10.6 Å². The zero-order valence-electron chi connectivity index (χ0n) is 11.2. The molecule has 1 aromatic heterocycles. The Morgan fingerprint density at radius 1 is 1.32 bits per heavy atom. The lowest BCUT2D eigenvalue weighted by Crippen LogP contribution is -2.27. The number of anilines is 1. The molecule has 7 heteroatoms. The summed E-state index contributed by atoms with van der Waals surface area (Å²) in [5, 5.41) is 11.2. The summed E-state index contributed by atoms with van der Waals surface area (Å²) in [5.74, 6) is -0.956. The highest BCUT2D eigenvalue weighted by atomic mass is 16.6. The summed E-state index contributed by atoms with van der Waals surface area (Å²) in [5.41, 5.74) is -0.867. The number of aromatic carboxylic acids is 1. The van der Waals surface area contributed by atoms with Crippen LogP contribution < -0.4 is 10.1 Å². The number of ether oxygens (including phenoxy) is 2. The number of nitrogens with zero attached hydrogens (tertiary/aromatic N) is 1. The van der Waals surface area contributed by atoms with Crippen LogP contribution in [0.25, 0.3) is 0 Å². The number of hydrogen-bond acceptors (Lipinski definition) is 5. The van der Waals surface area contributed by atoms with E-state index in [0.717, 1.165) is 0 Å². The molecular formula is C12H16N2O5. The zero-order valence-corrected chi connectivity index (χ0v) is 11.2. The molecule has 0 radical (unpaired) electrons. The molecular weight excluding hydrogens is 252 g/mol. The van der Waals surface area contributed by atoms with E-state index in [4.69, 9.17) is 14.6 Å². The van der Waals surface area contributed by atoms with Gasteiger partial charge in [-0.15, -0.1) is 0 Å². The molecule has 0 fully saturated rings. The van der Waals surface area contributed by atoms with Crippen molar-refractivity contribution in [1.29, 1.82) is 0 Å². The predicted octanol–water partition coefficient (Wildman–Crippen LogP) is 2.14. The first-order valence-corrected chi connectivity index (χ1v) is 5.51. The van der Waals surface area contributed by atoms with Crippen molar-refractivity contribution in [2.75, 3.05) is 12.4 Å². The molecule has 0 unspecified atom stereocenters. The average Bonchev–Trinajstić information content (AvgIpc) is 2.26. The third-order valence-corrected chi connectivity index (χ3v) is 1.92. The molecule has 0 saturated heterocycles. The first kappa shape index (κ1) is 14.7. The van der Waals surface area contributed by atoms with Crippen LogP contribution >= 0.6 is 0 Å². The topological polar surface area (TPSA) is 97.8 Å². The number of pyridine rings is 1. The van der Waals surface area contributed by atoms with Gasteiger partial charge in [-0.2, -0.15) is 0 Å². The van der Waals surface area contributed by atoms with Crippen molar-refractivity contribution >= 4 is 17.9 Å². The predicted molar refractivity (Wildman–Crippen MR) is 67.6 cm³/mol. The van der Waals surface area contributed by atoms with Crippen LogP contribution in [0, 0.1) is 0 Å². The SMILES string of the molecule is COc1ccc(C(=O)O)nc1NC(=O)OC(C)(C)C. The number of carbonyl (C=O) groups excluding carboxylic acids is 1. The van der Waals surface area contributed by atoms with Crippen molar-refractivity contribution in [2.45, 2.75) is 26.4 Å². The molecule has 0 aliphatic rings. The molecule has 7 nitrogen and oxygen atoms in total. The molecule has 1 heterocycles. The van der Waals surface area contributed by atoms with Gasteiger partial charge in [0.25, 0.3) is 0 Å². The van der Waals surface area contributed by atoms with Gasteiger partial charge in [-0.1, -0.05) is 0 Å². The second-order valence-corrected chi connectivity index (χ2v) is 4.68. The zero-order chi connectivity index (χ0) is 14.6. The summed E-state index contributed by atoms with van der Waals surface area (Å²) in [4.78, 5) is 26.2. The van der Waals surface area contributed by atoms with E-state index in [0.29, 0.717) is 0 Å². The van der Waals surface area contributed by atoms with E-state index in [1.807, 2.05) is 0 Å². The number of methoxy groups -OCH3 is 1. The van der Waals surface area contributed by atoms with Gasteiger partial charge in [0.1, 0.15) is 5.60 Å². The fourth-order valence-corrected chi connectivity index (χ4v) is 1.22. The van der Waals surface area contributed by atoms with E-state index >= 15 is 0 Å². The number of carboxylic acid groups (broad SMARTS) is 1. The second-order valence-electron chi connectivity index (χ2n) is 4.68. The van der Waals surface area contributed by atoms with E-state index in [2.05, 4.69) is 10.3 Å². The molecule has 1 amide bonds. The van der Waals surface area contributed by atoms with Gasteiger partial charge in [0, 0.05) is 0 Å². The largest absolute Gasteiger partial charge is 0.493 e. The third kappa shape index (κ3) is 4.46. The van der Waals surface area contributed by atoms with Gasteiger partial charge in [0.2, 0.25) is 0 Å². The van der Waals surface area contributed by atoms with Crippen LogP contribution in [0.2, 0.25) is 0 Å². The summed E-state index contributed by atoms with van der Waals surface area (Å²) in [7, 11) is 1.39. The van der Waals surface area contributed by atoms with Crippen molar-refractivity contribution in [3.8, 4) is 5.75 Å². The molecule has 1 rings (SSSR count). The van der Waals surface area contributed by atoms with Gasteiger partial charge in [-0.05, 0) is 32.9 Å². The van der Waals surface area contributed by atoms with Crippen LogP contribution in [-0.2, 0) is 4.74 Å². The first-order chi connectivity index (χ1) is 8.73. The van der Waals surface area contributed by atoms with Crippen LogP contribution in [0.1, 0.15) is 31.3 Å². The van der Waals surface area contributed by atoms with Gasteiger partial charge in [0.05, 0.1) is 7.11 Å². The van der Waals surface area contributed by atoms with Gasteiger partial charge in [-0.3, -0.25) is 5.32 Å². The maximum Gasteiger partial charge on any atom is 0.413 e. The Morgan fingerprint density at radius 3 is 2.42 bits per heavy atom. The van der Waals surface area contributed by atoms with Crippen molar-refractivity contribution in [2.24, 2.45) is 0 Å². The normalized spacial score (nSPS) is 10.7. The van der Waals surface area contributed by atoms with Crippen molar-refractivity contribution in [3.63, 3.8) is 0 Å². The average molecular weight is 268 g/mol. The highest BCUT2D eigenvalue weighted by molar-refractivity contribution is 5.89. The van der Waals surface area contributed by atoms with Gasteiger partial charge < -0.3 is 14.6 Å². The Balaban J connectivity index is 2.95. The molecule has 19 heavy (non-hydrogen) atoms. The second kappa shape index (κ2) is 5.55. The summed E-state index contributed by atoms with van der Waals surface area (Å²) >= 11 is 0. The molecule has 104 valence electrons. The number of rotatable bonds is 3. The summed E-state index contributed by atoms with van der Waals surface area (Å²) in [6.07, 6.45) is -0.735. The number of amides is 1. The number of hydrogen-bond donors (Lipinski definition) is 2. The number of carboxylic acids is 1. The Kier molecular flexibility index (Phi) is 4.31. The summed E-state index contributed by atoms with van der Waals surface area (Å²) in [6, 6.07) is 2.69. The summed E-state index contributed by atoms with van der Waals surface area (Å²) in [6.45, 7) is 5.14. The van der Waals surface area contributed by atoms with Gasteiger partial charge in [0.15, 0.2) is 17.3 Å². The molecule has 0 spiro atoms. The lowest BCUT2D eigenvalue weighted by Gasteiger charge is -2.20. The van der Waals surface area contributed by atoms with E-state index in [-0.39, 0.29) is 17.3 Å². The van der Waals surface area contributed by atoms with Gasteiger partial charge in [-0.25, -0.2) is 14.6 Å². The number of aromatic nitrogens is 1. The summed E-state index contributed by atoms with van der Waals surface area (Å²) < 4.78 is 10.0. The minimum Gasteiger partial charge on any atom is -0.493 e. The van der Waals surface area contributed by atoms with E-state index in [1.54, 1.807) is 20.8 Å². The monoisotopic (exact) mass is 268 g/mol. The van der Waals surface area contributed by atoms with Crippen LogP contribution in [0.3, 0.4) is 0 Å². The Labute approximate surface area is 110 Å². The number of nitrogens with one attached hydrogen (secondary N) is 1. The van der Waals surface area contributed by atoms with Crippen molar-refractivity contribution in [1.82, 2.24) is 4.98 Å². The van der Waals surface area contributed by atoms with E-state index < -0.39 is 17.7 Å². The first-order valence-electron chi connectivity index (χ1n) is 5.51. The standard InChI is InChI=1S/C12H16N2O5/c1-12(2,3)19-11(17)14-9-8(18-4)6-5-7(13-9)10(15)16/h5-6H,1-4H3,(H,15,16)(H,13,14,17). The molecule has 0 aromatic carbocycles. The van der Waals surface area contributed by atoms with Crippen molar-refractivity contribution < 1.29 is 24.2 Å². The highest BCUT2D eigenvalue weighted by Crippen LogP contribution is 2.22. The minimum atomic E-state index is -1.20. The number of carbonyl (C=O) groups is 2. The Morgan fingerprint density at radius 2 is 1.95 bits per heavy atom. The smallest absolute Gasteiger partial charge is 0.413 e. The molecule has 2 N–H and O–H groups in total. The molecule has 0 aliphatic carbocycles. The molecule has 0 bridgehead atoms. The fraction of sp³-hybridized carbons (Fsp3) is 0.417. The third-order valence-electron chi connectivity index (χ3n) is 1.92. The molecule has 0 aliphatic heterocycles. The van der Waals surface area contributed by atoms with E-state index in [9.17, 15) is 9.59 Å². The van der Waals surface area contributed by atoms with E-state index in [1.165, 1.54) is 19.2 Å². The lowest BCUT2D eigenvalue weighted by atomic mass is 10.2. The van der Waals surface area contributed by atoms with Crippen LogP contribution in [-0.4, -0.2) is 34.9 Å². The van der Waals surface area contributed by atoms with Crippen LogP contribution in [0.15, 0.2) is 12.1 Å². The Bertz CT molecular complexity index is 493. The Hall–Kier alpha value is -2.31. The maximum absolute atomic E-state index is 11.6. The minimum absolute atomic E-state index is 0.00310. The van der Waals surface area contributed by atoms with Crippen LogP contribution in [0.5, 0.6) is 5.75 Å². The maximum atomic E-state index is 11.6. The fourth-order valence-electron chi connectivity index (χ4n) is 1.22. The van der Waals surface area contributed by atoms with Crippen molar-refractivity contribution in [3.05, 3.63) is 17.8 Å². The lowest BCUT2D eigenvalue weighted by molar-refractivity contribution is 0.0630.